The second-order valence-electron chi connectivity index (χ2n) is 11.9. The molecule has 0 fully saturated rings. The van der Waals surface area contributed by atoms with Crippen LogP contribution in [0.2, 0.25) is 13.1 Å². The summed E-state index contributed by atoms with van der Waals surface area (Å²) < 4.78 is 0. The Morgan fingerprint density at radius 1 is 0.467 bits per heavy atom. The zero-order valence-electron chi connectivity index (χ0n) is 26.4. The Morgan fingerprint density at radius 3 is 1.64 bits per heavy atom. The van der Waals surface area contributed by atoms with Crippen LogP contribution in [0.25, 0.3) is 65.0 Å². The van der Waals surface area contributed by atoms with E-state index in [9.17, 15) is 0 Å². The van der Waals surface area contributed by atoms with E-state index in [1.807, 2.05) is 0 Å². The fourth-order valence-electron chi connectivity index (χ4n) is 6.16. The van der Waals surface area contributed by atoms with Gasteiger partial charge in [0.15, 0.2) is 0 Å². The van der Waals surface area contributed by atoms with Crippen molar-refractivity contribution >= 4 is 59.3 Å². The molecule has 0 N–H and O–H groups in total. The van der Waals surface area contributed by atoms with Crippen molar-refractivity contribution < 1.29 is 48.1 Å². The van der Waals surface area contributed by atoms with Crippen molar-refractivity contribution in [2.24, 2.45) is 0 Å². The smallest absolute Gasteiger partial charge is 0.00995 e. The fraction of sp³-hybridized carbons (Fsp3) is 0.122. The third kappa shape index (κ3) is 7.53. The summed E-state index contributed by atoms with van der Waals surface area (Å²) in [5, 5.41) is 13.4. The van der Waals surface area contributed by atoms with Gasteiger partial charge < -0.3 is 24.8 Å². The zero-order valence-corrected chi connectivity index (χ0v) is 31.4. The summed E-state index contributed by atoms with van der Waals surface area (Å²) in [7, 11) is 0. The van der Waals surface area contributed by atoms with Gasteiger partial charge in [0.25, 0.3) is 0 Å². The maximum Gasteiger partial charge on any atom is -0.00995 e. The molecule has 0 saturated heterocycles. The normalized spacial score (nSPS) is 10.6. The van der Waals surface area contributed by atoms with Gasteiger partial charge in [-0.2, -0.15) is 6.07 Å². The summed E-state index contributed by atoms with van der Waals surface area (Å²) in [5.41, 5.74) is 6.83. The molecular weight excluding hydrogens is 683 g/mol. The molecule has 8 aromatic rings. The van der Waals surface area contributed by atoms with E-state index in [2.05, 4.69) is 161 Å². The van der Waals surface area contributed by atoms with Crippen LogP contribution in [0.5, 0.6) is 0 Å². The first-order valence-electron chi connectivity index (χ1n) is 14.9. The number of halogens is 2. The monoisotopic (exact) mass is 716 g/mol. The van der Waals surface area contributed by atoms with Gasteiger partial charge in [0.05, 0.1) is 0 Å². The molecule has 0 amide bonds. The van der Waals surface area contributed by atoms with Gasteiger partial charge >= 0.3 is 41.9 Å². The number of hydrogen-bond donors (Lipinski definition) is 0. The summed E-state index contributed by atoms with van der Waals surface area (Å²) in [6.07, 6.45) is 0. The number of fused-ring (bicyclic) bond motifs is 7. The van der Waals surface area contributed by atoms with Crippen molar-refractivity contribution in [3.63, 3.8) is 0 Å². The van der Waals surface area contributed by atoms with Crippen molar-refractivity contribution in [1.29, 1.82) is 0 Å². The first kappa shape index (κ1) is 34.9. The maximum atomic E-state index is 2.34. The van der Waals surface area contributed by atoms with Crippen LogP contribution in [-0.4, -0.2) is 5.43 Å². The predicted molar refractivity (Wildman–Crippen MR) is 189 cm³/mol. The fourth-order valence-corrected chi connectivity index (χ4v) is 6.16. The summed E-state index contributed by atoms with van der Waals surface area (Å²) in [4.78, 5) is 0. The molecule has 0 nitrogen and oxygen atoms in total. The third-order valence-corrected chi connectivity index (χ3v) is 7.97. The Hall–Kier alpha value is -3.00. The van der Waals surface area contributed by atoms with Gasteiger partial charge in [0.2, 0.25) is 0 Å². The molecule has 8 rings (SSSR count). The minimum absolute atomic E-state index is 0. The standard InChI is InChI=1S/C24H17.C15H13.C2H6Si.2ClH.Zr/c1-16-13-17-8-6-12-22(23(17)14-16)24-15-18-7-2-3-9-19(18)20-10-4-5-11-21(20)24;1-10-3-5-14-12(7-10)9-13-8-11(2)4-6-15(13)14;1-3-2;;;/h2-15H,1H3;3-9H,1-2H3;1-2H3;2*1H;/q2*-1;;;;+2/p-2. The maximum absolute atomic E-state index is 2.34. The SMILES string of the molecule is C[Si](C)=[Zr+2].Cc1cc2c(-c3cc4ccccc4c4ccccc34)cccc2[cH-]1.Cc1ccc2c(c1)[cH-]c1cc(C)ccc12.[Cl-].[Cl-]. The summed E-state index contributed by atoms with van der Waals surface area (Å²) in [6, 6.07) is 46.5. The predicted octanol–water partition coefficient (Wildman–Crippen LogP) is 5.96. The van der Waals surface area contributed by atoms with E-state index < -0.39 is 0 Å². The van der Waals surface area contributed by atoms with Gasteiger partial charge in [0.1, 0.15) is 0 Å². The topological polar surface area (TPSA) is 0 Å². The number of benzene rings is 6. The Balaban J connectivity index is 0.000000189. The number of rotatable bonds is 1. The number of hydrogen-bond acceptors (Lipinski definition) is 0. The molecule has 4 heteroatoms. The van der Waals surface area contributed by atoms with Crippen LogP contribution in [0.15, 0.2) is 127 Å². The molecule has 0 spiro atoms. The van der Waals surface area contributed by atoms with Crippen molar-refractivity contribution in [3.8, 4) is 11.1 Å². The van der Waals surface area contributed by atoms with Gasteiger partial charge in [-0.15, -0.1) is 74.3 Å². The van der Waals surface area contributed by atoms with Crippen LogP contribution >= 0.6 is 0 Å². The third-order valence-electron chi connectivity index (χ3n) is 7.97. The second kappa shape index (κ2) is 15.1. The van der Waals surface area contributed by atoms with E-state index in [4.69, 9.17) is 0 Å². The van der Waals surface area contributed by atoms with Gasteiger partial charge in [-0.05, 0) is 47.0 Å². The Labute approximate surface area is 294 Å². The van der Waals surface area contributed by atoms with Crippen molar-refractivity contribution in [1.82, 2.24) is 0 Å². The molecule has 0 bridgehead atoms. The average Bonchev–Trinajstić information content (AvgIpc) is 3.55. The Kier molecular flexibility index (Phi) is 11.7. The van der Waals surface area contributed by atoms with E-state index >= 15 is 0 Å². The summed E-state index contributed by atoms with van der Waals surface area (Å²) in [5.74, 6) is 0. The molecule has 0 aromatic heterocycles. The molecule has 0 heterocycles. The van der Waals surface area contributed by atoms with Crippen LogP contribution < -0.4 is 24.8 Å². The van der Waals surface area contributed by atoms with Crippen molar-refractivity contribution in [3.05, 3.63) is 144 Å². The van der Waals surface area contributed by atoms with E-state index in [0.29, 0.717) is 0 Å². The molecule has 224 valence electrons. The Morgan fingerprint density at radius 2 is 1.02 bits per heavy atom. The van der Waals surface area contributed by atoms with Crippen molar-refractivity contribution in [2.75, 3.05) is 0 Å². The minimum atomic E-state index is 0. The molecule has 0 aliphatic rings. The van der Waals surface area contributed by atoms with E-state index in [1.54, 1.807) is 23.3 Å². The molecule has 0 unspecified atom stereocenters. The van der Waals surface area contributed by atoms with E-state index in [1.165, 1.54) is 81.7 Å². The van der Waals surface area contributed by atoms with Crippen LogP contribution in [-0.2, 0) is 23.3 Å². The van der Waals surface area contributed by atoms with Gasteiger partial charge in [-0.3, -0.25) is 0 Å². The van der Waals surface area contributed by atoms with Gasteiger partial charge in [-0.1, -0.05) is 102 Å². The first-order chi connectivity index (χ1) is 20.8. The van der Waals surface area contributed by atoms with Gasteiger partial charge in [0, 0.05) is 0 Å². The van der Waals surface area contributed by atoms with Crippen LogP contribution in [0.4, 0.5) is 0 Å². The molecule has 8 aromatic carbocycles. The zero-order chi connectivity index (χ0) is 30.1. The molecule has 0 aliphatic carbocycles. The average molecular weight is 719 g/mol. The van der Waals surface area contributed by atoms with Crippen LogP contribution in [0.3, 0.4) is 0 Å². The first-order valence-corrected chi connectivity index (χ1v) is 21.1. The molecule has 45 heavy (non-hydrogen) atoms. The van der Waals surface area contributed by atoms with Crippen LogP contribution in [0, 0.1) is 20.8 Å². The molecule has 0 aliphatic heterocycles. The summed E-state index contributed by atoms with van der Waals surface area (Å²) in [6.45, 7) is 11.1. The molecular formula is C41H36Cl2SiZr-2. The quantitative estimate of drug-likeness (QED) is 0.112. The number of aryl methyl sites for hydroxylation is 3. The largest absolute Gasteiger partial charge is 1.00 e. The molecule has 0 saturated carbocycles. The van der Waals surface area contributed by atoms with Crippen LogP contribution in [0.1, 0.15) is 16.7 Å². The van der Waals surface area contributed by atoms with Crippen molar-refractivity contribution in [2.45, 2.75) is 33.9 Å². The van der Waals surface area contributed by atoms with Gasteiger partial charge in [-0.25, -0.2) is 0 Å². The minimum Gasteiger partial charge on any atom is -1.00 e. The summed E-state index contributed by atoms with van der Waals surface area (Å²) >= 11 is 1.74. The van der Waals surface area contributed by atoms with E-state index in [0.717, 1.165) is 0 Å². The Bertz CT molecular complexity index is 2210. The molecule has 0 atom stereocenters. The van der Waals surface area contributed by atoms with E-state index in [-0.39, 0.29) is 30.2 Å². The molecule has 0 radical (unpaired) electrons. The second-order valence-corrected chi connectivity index (χ2v) is 21.2.